The third kappa shape index (κ3) is 3.56. The molecule has 0 amide bonds. The second-order valence-corrected chi connectivity index (χ2v) is 7.29. The predicted octanol–water partition coefficient (Wildman–Crippen LogP) is 6.21. The molecule has 2 aromatic rings. The summed E-state index contributed by atoms with van der Waals surface area (Å²) in [6.07, 6.45) is 0. The Morgan fingerprint density at radius 1 is 1.12 bits per heavy atom. The van der Waals surface area contributed by atoms with Crippen molar-refractivity contribution in [1.82, 2.24) is 0 Å². The fourth-order valence-corrected chi connectivity index (χ4v) is 4.08. The van der Waals surface area contributed by atoms with Gasteiger partial charge in [0.15, 0.2) is 0 Å². The van der Waals surface area contributed by atoms with Crippen LogP contribution in [0.1, 0.15) is 17.8 Å². The van der Waals surface area contributed by atoms with Gasteiger partial charge in [-0.15, -0.1) is 11.3 Å². The van der Waals surface area contributed by atoms with Crippen molar-refractivity contribution in [3.8, 4) is 0 Å². The lowest BCUT2D eigenvalue weighted by Crippen LogP contribution is -2.05. The third-order valence-corrected chi connectivity index (χ3v) is 5.34. The van der Waals surface area contributed by atoms with E-state index in [0.29, 0.717) is 6.04 Å². The highest BCUT2D eigenvalue weighted by Gasteiger charge is 2.09. The number of anilines is 1. The molecule has 1 atom stereocenters. The predicted molar refractivity (Wildman–Crippen MR) is 85.9 cm³/mol. The van der Waals surface area contributed by atoms with Crippen molar-refractivity contribution < 1.29 is 0 Å². The largest absolute Gasteiger partial charge is 0.377 e. The van der Waals surface area contributed by atoms with Crippen LogP contribution in [0.4, 0.5) is 5.69 Å². The molecule has 0 spiro atoms. The number of halogens is 3. The van der Waals surface area contributed by atoms with Gasteiger partial charge in [0.2, 0.25) is 0 Å². The number of thiophene rings is 1. The zero-order chi connectivity index (χ0) is 12.4. The summed E-state index contributed by atoms with van der Waals surface area (Å²) in [4.78, 5) is 1.31. The monoisotopic (exact) mass is 437 g/mol. The molecule has 0 bridgehead atoms. The summed E-state index contributed by atoms with van der Waals surface area (Å²) in [5.41, 5.74) is 1.10. The van der Waals surface area contributed by atoms with Gasteiger partial charge in [0.25, 0.3) is 0 Å². The minimum Gasteiger partial charge on any atom is -0.377 e. The average molecular weight is 440 g/mol. The third-order valence-electron chi connectivity index (χ3n) is 2.32. The van der Waals surface area contributed by atoms with Gasteiger partial charge in [0.05, 0.1) is 6.04 Å². The Morgan fingerprint density at radius 3 is 2.47 bits per heavy atom. The van der Waals surface area contributed by atoms with E-state index in [2.05, 4.69) is 77.5 Å². The molecular weight excluding hydrogens is 430 g/mol. The zero-order valence-electron chi connectivity index (χ0n) is 9.01. The second kappa shape index (κ2) is 5.87. The maximum absolute atomic E-state index is 3.55. The molecule has 1 aromatic carbocycles. The number of rotatable bonds is 3. The maximum Gasteiger partial charge on any atom is 0.0579 e. The zero-order valence-corrected chi connectivity index (χ0v) is 14.6. The first-order valence-corrected chi connectivity index (χ1v) is 8.27. The van der Waals surface area contributed by atoms with Crippen molar-refractivity contribution in [3.63, 3.8) is 0 Å². The molecule has 1 heterocycles. The molecule has 0 radical (unpaired) electrons. The van der Waals surface area contributed by atoms with E-state index in [0.717, 1.165) is 19.1 Å². The van der Waals surface area contributed by atoms with E-state index in [-0.39, 0.29) is 0 Å². The van der Waals surface area contributed by atoms with Gasteiger partial charge >= 0.3 is 0 Å². The van der Waals surface area contributed by atoms with Gasteiger partial charge in [0.1, 0.15) is 0 Å². The molecule has 17 heavy (non-hydrogen) atoms. The first-order valence-electron chi connectivity index (χ1n) is 5.02. The molecule has 1 nitrogen and oxygen atoms in total. The number of nitrogens with one attached hydrogen (secondary N) is 1. The summed E-state index contributed by atoms with van der Waals surface area (Å²) in [5, 5.41) is 5.59. The van der Waals surface area contributed by atoms with Crippen molar-refractivity contribution in [2.75, 3.05) is 5.32 Å². The van der Waals surface area contributed by atoms with Crippen LogP contribution < -0.4 is 5.32 Å². The van der Waals surface area contributed by atoms with Crippen molar-refractivity contribution in [2.24, 2.45) is 0 Å². The maximum atomic E-state index is 3.55. The quantitative estimate of drug-likeness (QED) is 0.599. The molecule has 0 saturated heterocycles. The van der Waals surface area contributed by atoms with Gasteiger partial charge in [-0.2, -0.15) is 0 Å². The normalized spacial score (nSPS) is 12.5. The second-order valence-electron chi connectivity index (χ2n) is 3.66. The summed E-state index contributed by atoms with van der Waals surface area (Å²) in [5.74, 6) is 0. The molecule has 2 rings (SSSR count). The van der Waals surface area contributed by atoms with Crippen LogP contribution >= 0.6 is 59.1 Å². The minimum atomic E-state index is 0.295. The number of hydrogen-bond donors (Lipinski definition) is 1. The summed E-state index contributed by atoms with van der Waals surface area (Å²) >= 11 is 12.2. The van der Waals surface area contributed by atoms with Gasteiger partial charge in [-0.3, -0.25) is 0 Å². The molecule has 1 aromatic heterocycles. The molecule has 5 heteroatoms. The Bertz CT molecular complexity index is 524. The van der Waals surface area contributed by atoms with Gasteiger partial charge in [-0.05, 0) is 63.0 Å². The highest BCUT2D eigenvalue weighted by atomic mass is 79.9. The summed E-state index contributed by atoms with van der Waals surface area (Å²) < 4.78 is 3.27. The summed E-state index contributed by atoms with van der Waals surface area (Å²) in [7, 11) is 0. The summed E-state index contributed by atoms with van der Waals surface area (Å²) in [6, 6.07) is 8.58. The van der Waals surface area contributed by atoms with E-state index in [1.807, 2.05) is 12.1 Å². The summed E-state index contributed by atoms with van der Waals surface area (Å²) in [6.45, 7) is 2.16. The van der Waals surface area contributed by atoms with Gasteiger partial charge in [0, 0.05) is 29.4 Å². The Balaban J connectivity index is 2.15. The van der Waals surface area contributed by atoms with Crippen LogP contribution in [0.25, 0.3) is 0 Å². The molecule has 0 aliphatic carbocycles. The molecule has 0 aliphatic heterocycles. The number of benzene rings is 1. The lowest BCUT2D eigenvalue weighted by Gasteiger charge is -2.15. The van der Waals surface area contributed by atoms with Crippen LogP contribution in [0.2, 0.25) is 0 Å². The van der Waals surface area contributed by atoms with Crippen LogP contribution in [0.3, 0.4) is 0 Å². The Morgan fingerprint density at radius 2 is 1.88 bits per heavy atom. The SMILES string of the molecule is CC(Nc1ccc(Br)cc1Br)c1cc(Br)cs1. The molecule has 0 fully saturated rings. The molecule has 1 N–H and O–H groups in total. The first-order chi connectivity index (χ1) is 8.06. The van der Waals surface area contributed by atoms with Crippen LogP contribution in [-0.4, -0.2) is 0 Å². The van der Waals surface area contributed by atoms with E-state index in [4.69, 9.17) is 0 Å². The highest BCUT2D eigenvalue weighted by molar-refractivity contribution is 9.11. The van der Waals surface area contributed by atoms with Gasteiger partial charge in [-0.1, -0.05) is 15.9 Å². The number of hydrogen-bond acceptors (Lipinski definition) is 2. The Hall–Kier alpha value is 0.160. The van der Waals surface area contributed by atoms with Crippen LogP contribution in [0, 0.1) is 0 Å². The first kappa shape index (κ1) is 13.6. The molecular formula is C12H10Br3NS. The van der Waals surface area contributed by atoms with E-state index >= 15 is 0 Å². The van der Waals surface area contributed by atoms with E-state index < -0.39 is 0 Å². The van der Waals surface area contributed by atoms with Crippen molar-refractivity contribution in [3.05, 3.63) is 47.9 Å². The van der Waals surface area contributed by atoms with Crippen LogP contribution in [-0.2, 0) is 0 Å². The topological polar surface area (TPSA) is 12.0 Å². The van der Waals surface area contributed by atoms with Crippen molar-refractivity contribution >= 4 is 64.8 Å². The van der Waals surface area contributed by atoms with Crippen LogP contribution in [0.5, 0.6) is 0 Å². The minimum absolute atomic E-state index is 0.295. The average Bonchev–Trinajstić information content (AvgIpc) is 2.69. The standard InChI is InChI=1S/C12H10Br3NS/c1-7(12-5-9(14)6-17-12)16-11-3-2-8(13)4-10(11)15/h2-7,16H,1H3. The van der Waals surface area contributed by atoms with Gasteiger partial charge < -0.3 is 5.32 Å². The Kier molecular flexibility index (Phi) is 4.69. The smallest absolute Gasteiger partial charge is 0.0579 e. The van der Waals surface area contributed by atoms with Crippen molar-refractivity contribution in [1.29, 1.82) is 0 Å². The lowest BCUT2D eigenvalue weighted by atomic mass is 10.2. The fourth-order valence-electron chi connectivity index (χ4n) is 1.47. The molecule has 1 unspecified atom stereocenters. The molecule has 0 saturated carbocycles. The van der Waals surface area contributed by atoms with Crippen molar-refractivity contribution in [2.45, 2.75) is 13.0 Å². The van der Waals surface area contributed by atoms with Gasteiger partial charge in [-0.25, -0.2) is 0 Å². The fraction of sp³-hybridized carbons (Fsp3) is 0.167. The highest BCUT2D eigenvalue weighted by Crippen LogP contribution is 2.32. The molecule has 0 aliphatic rings. The van der Waals surface area contributed by atoms with E-state index in [1.54, 1.807) is 11.3 Å². The Labute approximate surface area is 130 Å². The molecule has 90 valence electrons. The van der Waals surface area contributed by atoms with E-state index in [9.17, 15) is 0 Å². The van der Waals surface area contributed by atoms with Crippen LogP contribution in [0.15, 0.2) is 43.1 Å². The lowest BCUT2D eigenvalue weighted by molar-refractivity contribution is 0.906. The van der Waals surface area contributed by atoms with E-state index in [1.165, 1.54) is 4.88 Å².